The summed E-state index contributed by atoms with van der Waals surface area (Å²) in [5.74, 6) is -1.02. The summed E-state index contributed by atoms with van der Waals surface area (Å²) < 4.78 is 0. The van der Waals surface area contributed by atoms with Crippen LogP contribution in [0.3, 0.4) is 0 Å². The normalized spacial score (nSPS) is 11.1. The van der Waals surface area contributed by atoms with E-state index < -0.39 is 16.7 Å². The predicted octanol–water partition coefficient (Wildman–Crippen LogP) is 4.69. The van der Waals surface area contributed by atoms with Gasteiger partial charge in [-0.3, -0.25) is 19.7 Å². The van der Waals surface area contributed by atoms with E-state index in [2.05, 4.69) is 15.8 Å². The first-order valence-corrected chi connectivity index (χ1v) is 8.83. The standard InChI is InChI=1S/C17H13Cl3N4O4/c1-9(6-16(25)21-14-4-3-11(18)8-12(14)19)22-23-17(26)10-2-5-15(24(27)28)13(20)7-10/h2-5,7-8H,6H2,1H3,(H,21,25)(H,23,26). The second kappa shape index (κ2) is 9.50. The number of hydrazone groups is 1. The van der Waals surface area contributed by atoms with Crippen LogP contribution >= 0.6 is 34.8 Å². The van der Waals surface area contributed by atoms with Gasteiger partial charge in [-0.05, 0) is 37.3 Å². The van der Waals surface area contributed by atoms with Crippen molar-refractivity contribution in [2.24, 2.45) is 5.10 Å². The van der Waals surface area contributed by atoms with Crippen LogP contribution in [0, 0.1) is 10.1 Å². The number of nitro benzene ring substituents is 1. The van der Waals surface area contributed by atoms with Crippen molar-refractivity contribution in [1.29, 1.82) is 0 Å². The number of benzene rings is 2. The number of nitro groups is 1. The molecule has 8 nitrogen and oxygen atoms in total. The van der Waals surface area contributed by atoms with Crippen molar-refractivity contribution in [3.63, 3.8) is 0 Å². The number of carbonyl (C=O) groups is 2. The molecule has 28 heavy (non-hydrogen) atoms. The summed E-state index contributed by atoms with van der Waals surface area (Å²) in [6.07, 6.45) is -0.0970. The Morgan fingerprint density at radius 1 is 1.11 bits per heavy atom. The lowest BCUT2D eigenvalue weighted by molar-refractivity contribution is -0.384. The summed E-state index contributed by atoms with van der Waals surface area (Å²) in [5.41, 5.74) is 2.76. The number of halogens is 3. The highest BCUT2D eigenvalue weighted by molar-refractivity contribution is 6.36. The van der Waals surface area contributed by atoms with Crippen LogP contribution in [-0.4, -0.2) is 22.4 Å². The number of hydrogen-bond acceptors (Lipinski definition) is 5. The molecule has 0 spiro atoms. The molecule has 146 valence electrons. The van der Waals surface area contributed by atoms with Gasteiger partial charge in [-0.25, -0.2) is 5.43 Å². The maximum atomic E-state index is 12.1. The fraction of sp³-hybridized carbons (Fsp3) is 0.118. The Morgan fingerprint density at radius 3 is 2.43 bits per heavy atom. The van der Waals surface area contributed by atoms with Crippen molar-refractivity contribution in [3.8, 4) is 0 Å². The predicted molar refractivity (Wildman–Crippen MR) is 108 cm³/mol. The van der Waals surface area contributed by atoms with Crippen LogP contribution in [0.15, 0.2) is 41.5 Å². The Morgan fingerprint density at radius 2 is 1.82 bits per heavy atom. The quantitative estimate of drug-likeness (QED) is 0.383. The van der Waals surface area contributed by atoms with Crippen LogP contribution in [0.2, 0.25) is 15.1 Å². The van der Waals surface area contributed by atoms with Crippen molar-refractivity contribution in [2.75, 3.05) is 5.32 Å². The molecule has 0 aliphatic rings. The first-order chi connectivity index (χ1) is 13.2. The van der Waals surface area contributed by atoms with E-state index >= 15 is 0 Å². The fourth-order valence-electron chi connectivity index (χ4n) is 2.06. The summed E-state index contributed by atoms with van der Waals surface area (Å²) in [6, 6.07) is 8.18. The molecule has 0 saturated heterocycles. The number of carbonyl (C=O) groups excluding carboxylic acids is 2. The van der Waals surface area contributed by atoms with Gasteiger partial charge in [0.25, 0.3) is 11.6 Å². The zero-order valence-corrected chi connectivity index (χ0v) is 16.6. The molecule has 2 aromatic carbocycles. The maximum Gasteiger partial charge on any atom is 0.287 e. The molecule has 0 unspecified atom stereocenters. The van der Waals surface area contributed by atoms with E-state index in [4.69, 9.17) is 34.8 Å². The molecular formula is C17H13Cl3N4O4. The zero-order chi connectivity index (χ0) is 20.8. The second-order valence-corrected chi connectivity index (χ2v) is 6.81. The van der Waals surface area contributed by atoms with Gasteiger partial charge in [0.1, 0.15) is 5.02 Å². The van der Waals surface area contributed by atoms with Gasteiger partial charge >= 0.3 is 0 Å². The first kappa shape index (κ1) is 21.6. The SMILES string of the molecule is CC(CC(=O)Nc1ccc(Cl)cc1Cl)=NNC(=O)c1ccc([N+](=O)[O-])c(Cl)c1. The van der Waals surface area contributed by atoms with Crippen LogP contribution < -0.4 is 10.7 Å². The lowest BCUT2D eigenvalue weighted by Crippen LogP contribution is -2.21. The van der Waals surface area contributed by atoms with Gasteiger partial charge in [0, 0.05) is 22.4 Å². The molecule has 2 rings (SSSR count). The molecule has 2 amide bonds. The molecule has 0 fully saturated rings. The number of amides is 2. The molecule has 11 heteroatoms. The van der Waals surface area contributed by atoms with E-state index in [0.29, 0.717) is 21.4 Å². The summed E-state index contributed by atoms with van der Waals surface area (Å²) in [7, 11) is 0. The number of nitrogens with one attached hydrogen (secondary N) is 2. The molecule has 0 bridgehead atoms. The summed E-state index contributed by atoms with van der Waals surface area (Å²) in [5, 5.41) is 17.7. The summed E-state index contributed by atoms with van der Waals surface area (Å²) in [4.78, 5) is 34.2. The van der Waals surface area contributed by atoms with Crippen LogP contribution in [0.25, 0.3) is 0 Å². The molecule has 2 N–H and O–H groups in total. The number of anilines is 1. The minimum atomic E-state index is -0.655. The lowest BCUT2D eigenvalue weighted by atomic mass is 10.2. The molecule has 0 radical (unpaired) electrons. The molecule has 0 aliphatic heterocycles. The van der Waals surface area contributed by atoms with Gasteiger partial charge in [0.05, 0.1) is 22.1 Å². The van der Waals surface area contributed by atoms with Crippen LogP contribution in [-0.2, 0) is 4.79 Å². The van der Waals surface area contributed by atoms with E-state index in [0.717, 1.165) is 12.1 Å². The number of nitrogens with zero attached hydrogens (tertiary/aromatic N) is 2. The van der Waals surface area contributed by atoms with Crippen molar-refractivity contribution < 1.29 is 14.5 Å². The molecule has 0 heterocycles. The van der Waals surface area contributed by atoms with Crippen molar-refractivity contribution >= 4 is 63.7 Å². The monoisotopic (exact) mass is 442 g/mol. The molecular weight excluding hydrogens is 431 g/mol. The van der Waals surface area contributed by atoms with Crippen LogP contribution in [0.4, 0.5) is 11.4 Å². The first-order valence-electron chi connectivity index (χ1n) is 7.69. The Labute approximate surface area is 174 Å². The Hall–Kier alpha value is -2.68. The lowest BCUT2D eigenvalue weighted by Gasteiger charge is -2.07. The van der Waals surface area contributed by atoms with Crippen molar-refractivity contribution in [1.82, 2.24) is 5.43 Å². The largest absolute Gasteiger partial charge is 0.324 e. The van der Waals surface area contributed by atoms with E-state index in [1.807, 2.05) is 0 Å². The molecule has 0 saturated carbocycles. The van der Waals surface area contributed by atoms with E-state index in [9.17, 15) is 19.7 Å². The zero-order valence-electron chi connectivity index (χ0n) is 14.3. The van der Waals surface area contributed by atoms with E-state index in [1.54, 1.807) is 19.1 Å². The highest BCUT2D eigenvalue weighted by Crippen LogP contribution is 2.26. The third kappa shape index (κ3) is 5.91. The van der Waals surface area contributed by atoms with Gasteiger partial charge in [-0.1, -0.05) is 34.8 Å². The summed E-state index contributed by atoms with van der Waals surface area (Å²) in [6.45, 7) is 1.55. The van der Waals surface area contributed by atoms with Crippen molar-refractivity contribution in [2.45, 2.75) is 13.3 Å². The molecule has 2 aromatic rings. The Bertz CT molecular complexity index is 979. The minimum Gasteiger partial charge on any atom is -0.324 e. The number of rotatable bonds is 6. The Kier molecular flexibility index (Phi) is 7.33. The third-order valence-corrected chi connectivity index (χ3v) is 4.23. The van der Waals surface area contributed by atoms with Crippen LogP contribution in [0.1, 0.15) is 23.7 Å². The van der Waals surface area contributed by atoms with E-state index in [-0.39, 0.29) is 22.7 Å². The molecule has 0 aromatic heterocycles. The third-order valence-electron chi connectivity index (χ3n) is 3.38. The fourth-order valence-corrected chi connectivity index (χ4v) is 2.77. The molecule has 0 aliphatic carbocycles. The van der Waals surface area contributed by atoms with Gasteiger partial charge in [-0.15, -0.1) is 0 Å². The van der Waals surface area contributed by atoms with Crippen molar-refractivity contribution in [3.05, 3.63) is 67.1 Å². The Balaban J connectivity index is 1.96. The smallest absolute Gasteiger partial charge is 0.287 e. The maximum absolute atomic E-state index is 12.1. The van der Waals surface area contributed by atoms with Crippen LogP contribution in [0.5, 0.6) is 0 Å². The molecule has 0 atom stereocenters. The second-order valence-electron chi connectivity index (χ2n) is 5.56. The highest BCUT2D eigenvalue weighted by atomic mass is 35.5. The van der Waals surface area contributed by atoms with Gasteiger partial charge in [0.2, 0.25) is 5.91 Å². The minimum absolute atomic E-state index is 0.0875. The topological polar surface area (TPSA) is 114 Å². The highest BCUT2D eigenvalue weighted by Gasteiger charge is 2.15. The van der Waals surface area contributed by atoms with Gasteiger partial charge in [-0.2, -0.15) is 5.10 Å². The van der Waals surface area contributed by atoms with E-state index in [1.165, 1.54) is 12.1 Å². The van der Waals surface area contributed by atoms with Gasteiger partial charge < -0.3 is 5.32 Å². The average Bonchev–Trinajstić information content (AvgIpc) is 2.61. The number of hydrogen-bond donors (Lipinski definition) is 2. The summed E-state index contributed by atoms with van der Waals surface area (Å²) >= 11 is 17.5. The average molecular weight is 444 g/mol. The van der Waals surface area contributed by atoms with Gasteiger partial charge in [0.15, 0.2) is 0 Å².